The summed E-state index contributed by atoms with van der Waals surface area (Å²) in [5.41, 5.74) is 1.29. The first-order chi connectivity index (χ1) is 8.84. The van der Waals surface area contributed by atoms with Crippen LogP contribution in [0.5, 0.6) is 0 Å². The molecule has 0 saturated carbocycles. The third-order valence-electron chi connectivity index (χ3n) is 2.55. The summed E-state index contributed by atoms with van der Waals surface area (Å²) < 4.78 is 27.6. The van der Waals surface area contributed by atoms with Crippen LogP contribution in [-0.2, 0) is 15.0 Å². The highest BCUT2D eigenvalue weighted by atomic mass is 32.2. The lowest BCUT2D eigenvalue weighted by atomic mass is 9.98. The lowest BCUT2D eigenvalue weighted by molar-refractivity contribution is -0.137. The molecule has 1 aromatic carbocycles. The number of hydrogen-bond acceptors (Lipinski definition) is 3. The van der Waals surface area contributed by atoms with Crippen molar-refractivity contribution in [3.63, 3.8) is 0 Å². The third kappa shape index (κ3) is 5.27. The van der Waals surface area contributed by atoms with Crippen LogP contribution in [-0.4, -0.2) is 26.0 Å². The average molecular weight is 286 g/mol. The Hall–Kier alpha value is -1.60. The van der Waals surface area contributed by atoms with E-state index in [0.717, 1.165) is 5.56 Å². The minimum Gasteiger partial charge on any atom is -0.481 e. The summed E-state index contributed by atoms with van der Waals surface area (Å²) in [6, 6.07) is 6.67. The minimum absolute atomic E-state index is 0.0441. The van der Waals surface area contributed by atoms with Crippen LogP contribution < -0.4 is 9.44 Å². The van der Waals surface area contributed by atoms with Gasteiger partial charge in [-0.15, -0.1) is 0 Å². The van der Waals surface area contributed by atoms with Crippen molar-refractivity contribution in [2.24, 2.45) is 0 Å². The molecule has 0 heterocycles. The molecule has 0 aliphatic carbocycles. The molecule has 0 amide bonds. The number of anilines is 1. The monoisotopic (exact) mass is 286 g/mol. The van der Waals surface area contributed by atoms with Gasteiger partial charge in [-0.1, -0.05) is 26.0 Å². The number of rotatable bonds is 7. The molecule has 0 radical (unpaired) electrons. The standard InChI is InChI=1S/C12H18N2O4S/c1-3-13-19(17,18)14-11-6-4-10(5-7-11)9(2)8-12(15)16/h4-7,9,13-14H,3,8H2,1-2H3,(H,15,16). The molecule has 0 aliphatic heterocycles. The van der Waals surface area contributed by atoms with Gasteiger partial charge >= 0.3 is 5.97 Å². The number of carboxylic acids is 1. The van der Waals surface area contributed by atoms with Crippen molar-refractivity contribution in [3.05, 3.63) is 29.8 Å². The smallest absolute Gasteiger partial charge is 0.303 e. The van der Waals surface area contributed by atoms with Crippen molar-refractivity contribution in [3.8, 4) is 0 Å². The maximum Gasteiger partial charge on any atom is 0.303 e. The number of carbonyl (C=O) groups is 1. The number of carboxylic acid groups (broad SMARTS) is 1. The molecule has 0 aliphatic rings. The summed E-state index contributed by atoms with van der Waals surface area (Å²) >= 11 is 0. The van der Waals surface area contributed by atoms with E-state index in [4.69, 9.17) is 5.11 Å². The van der Waals surface area contributed by atoms with E-state index >= 15 is 0 Å². The van der Waals surface area contributed by atoms with Gasteiger partial charge in [0.1, 0.15) is 0 Å². The largest absolute Gasteiger partial charge is 0.481 e. The molecule has 19 heavy (non-hydrogen) atoms. The fourth-order valence-corrected chi connectivity index (χ4v) is 2.54. The van der Waals surface area contributed by atoms with Gasteiger partial charge in [0.2, 0.25) is 0 Å². The predicted octanol–water partition coefficient (Wildman–Crippen LogP) is 1.53. The van der Waals surface area contributed by atoms with Crippen molar-refractivity contribution in [2.75, 3.05) is 11.3 Å². The van der Waals surface area contributed by atoms with E-state index < -0.39 is 16.2 Å². The van der Waals surface area contributed by atoms with Crippen LogP contribution in [0.1, 0.15) is 31.7 Å². The summed E-state index contributed by atoms with van der Waals surface area (Å²) in [7, 11) is -3.53. The van der Waals surface area contributed by atoms with Gasteiger partial charge in [0, 0.05) is 12.2 Å². The summed E-state index contributed by atoms with van der Waals surface area (Å²) in [6.07, 6.45) is 0.0441. The van der Waals surface area contributed by atoms with E-state index in [9.17, 15) is 13.2 Å². The second-order valence-corrected chi connectivity index (χ2v) is 5.72. The van der Waals surface area contributed by atoms with Crippen LogP contribution in [0, 0.1) is 0 Å². The zero-order valence-corrected chi connectivity index (χ0v) is 11.7. The summed E-state index contributed by atoms with van der Waals surface area (Å²) in [5, 5.41) is 8.71. The van der Waals surface area contributed by atoms with Crippen LogP contribution in [0.4, 0.5) is 5.69 Å². The second kappa shape index (κ2) is 6.53. The summed E-state index contributed by atoms with van der Waals surface area (Å²) in [6.45, 7) is 3.81. The molecule has 106 valence electrons. The van der Waals surface area contributed by atoms with E-state index in [1.165, 1.54) is 0 Å². The number of hydrogen-bond donors (Lipinski definition) is 3. The molecule has 1 rings (SSSR count). The predicted molar refractivity (Wildman–Crippen MR) is 73.3 cm³/mol. The van der Waals surface area contributed by atoms with Gasteiger partial charge in [-0.3, -0.25) is 9.52 Å². The highest BCUT2D eigenvalue weighted by Gasteiger charge is 2.11. The van der Waals surface area contributed by atoms with Crippen molar-refractivity contribution in [2.45, 2.75) is 26.2 Å². The lowest BCUT2D eigenvalue weighted by Crippen LogP contribution is -2.29. The Kier molecular flexibility index (Phi) is 5.31. The molecule has 0 fully saturated rings. The average Bonchev–Trinajstić information content (AvgIpc) is 2.28. The lowest BCUT2D eigenvalue weighted by Gasteiger charge is -2.11. The van der Waals surface area contributed by atoms with Gasteiger partial charge in [0.15, 0.2) is 0 Å². The molecular weight excluding hydrogens is 268 g/mol. The fourth-order valence-electron chi connectivity index (χ4n) is 1.64. The first-order valence-corrected chi connectivity index (χ1v) is 7.41. The molecule has 0 bridgehead atoms. The Labute approximate surface area is 113 Å². The highest BCUT2D eigenvalue weighted by Crippen LogP contribution is 2.21. The molecule has 0 aromatic heterocycles. The van der Waals surface area contributed by atoms with Crippen LogP contribution >= 0.6 is 0 Å². The first-order valence-electron chi connectivity index (χ1n) is 5.93. The maximum absolute atomic E-state index is 11.5. The fraction of sp³-hybridized carbons (Fsp3) is 0.417. The van der Waals surface area contributed by atoms with Gasteiger partial charge in [0.25, 0.3) is 10.2 Å². The van der Waals surface area contributed by atoms with E-state index in [1.54, 1.807) is 31.2 Å². The van der Waals surface area contributed by atoms with E-state index in [2.05, 4.69) is 9.44 Å². The topological polar surface area (TPSA) is 95.5 Å². The number of nitrogens with one attached hydrogen (secondary N) is 2. The molecule has 7 heteroatoms. The van der Waals surface area contributed by atoms with Gasteiger partial charge < -0.3 is 5.11 Å². The molecule has 1 unspecified atom stereocenters. The molecule has 6 nitrogen and oxygen atoms in total. The van der Waals surface area contributed by atoms with Crippen molar-refractivity contribution >= 4 is 21.9 Å². The SMILES string of the molecule is CCNS(=O)(=O)Nc1ccc(C(C)CC(=O)O)cc1. The minimum atomic E-state index is -3.53. The van der Waals surface area contributed by atoms with Crippen LogP contribution in [0.2, 0.25) is 0 Å². The van der Waals surface area contributed by atoms with Crippen molar-refractivity contribution in [1.29, 1.82) is 0 Å². The normalized spacial score (nSPS) is 12.9. The zero-order chi connectivity index (χ0) is 14.5. The zero-order valence-electron chi connectivity index (χ0n) is 10.9. The van der Waals surface area contributed by atoms with Gasteiger partial charge in [-0.25, -0.2) is 0 Å². The molecule has 0 spiro atoms. The molecule has 3 N–H and O–H groups in total. The Bertz CT molecular complexity index is 525. The van der Waals surface area contributed by atoms with Crippen molar-refractivity contribution < 1.29 is 18.3 Å². The van der Waals surface area contributed by atoms with E-state index in [-0.39, 0.29) is 12.3 Å². The van der Waals surface area contributed by atoms with Crippen LogP contribution in [0.15, 0.2) is 24.3 Å². The molecule has 1 atom stereocenters. The van der Waals surface area contributed by atoms with Crippen molar-refractivity contribution in [1.82, 2.24) is 4.72 Å². The Morgan fingerprint density at radius 3 is 2.37 bits per heavy atom. The molecular formula is C12H18N2O4S. The van der Waals surface area contributed by atoms with E-state index in [0.29, 0.717) is 12.2 Å². The first kappa shape index (κ1) is 15.5. The molecule has 1 aromatic rings. The maximum atomic E-state index is 11.5. The second-order valence-electron chi connectivity index (χ2n) is 4.22. The Balaban J connectivity index is 2.74. The number of aliphatic carboxylic acids is 1. The third-order valence-corrected chi connectivity index (χ3v) is 3.72. The summed E-state index contributed by atoms with van der Waals surface area (Å²) in [4.78, 5) is 10.6. The Morgan fingerprint density at radius 2 is 1.89 bits per heavy atom. The van der Waals surface area contributed by atoms with E-state index in [1.807, 2.05) is 6.92 Å². The Morgan fingerprint density at radius 1 is 1.32 bits per heavy atom. The quantitative estimate of drug-likeness (QED) is 0.708. The van der Waals surface area contributed by atoms with Gasteiger partial charge in [-0.2, -0.15) is 13.1 Å². The van der Waals surface area contributed by atoms with Crippen LogP contribution in [0.3, 0.4) is 0 Å². The van der Waals surface area contributed by atoms with Gasteiger partial charge in [-0.05, 0) is 23.6 Å². The van der Waals surface area contributed by atoms with Crippen LogP contribution in [0.25, 0.3) is 0 Å². The number of benzene rings is 1. The molecule has 0 saturated heterocycles. The van der Waals surface area contributed by atoms with Gasteiger partial charge in [0.05, 0.1) is 6.42 Å². The highest BCUT2D eigenvalue weighted by molar-refractivity contribution is 7.90. The summed E-state index contributed by atoms with van der Waals surface area (Å²) in [5.74, 6) is -0.971.